The zero-order valence-electron chi connectivity index (χ0n) is 11.0. The third kappa shape index (κ3) is 4.40. The number of thioether (sulfide) groups is 1. The zero-order chi connectivity index (χ0) is 12.6. The third-order valence-corrected chi connectivity index (χ3v) is 4.63. The molecule has 0 saturated heterocycles. The Labute approximate surface area is 115 Å². The van der Waals surface area contributed by atoms with E-state index in [-0.39, 0.29) is 0 Å². The van der Waals surface area contributed by atoms with Gasteiger partial charge < -0.3 is 5.32 Å². The minimum atomic E-state index is 0.679. The highest BCUT2D eigenvalue weighted by molar-refractivity contribution is 7.99. The van der Waals surface area contributed by atoms with E-state index in [4.69, 9.17) is 0 Å². The van der Waals surface area contributed by atoms with Gasteiger partial charge in [-0.2, -0.15) is 11.8 Å². The summed E-state index contributed by atoms with van der Waals surface area (Å²) in [6.07, 6.45) is 7.54. The topological polar surface area (TPSA) is 12.0 Å². The van der Waals surface area contributed by atoms with Crippen LogP contribution in [0.15, 0.2) is 30.3 Å². The van der Waals surface area contributed by atoms with Crippen LogP contribution in [-0.4, -0.2) is 24.1 Å². The van der Waals surface area contributed by atoms with Crippen LogP contribution in [0.25, 0.3) is 0 Å². The highest BCUT2D eigenvalue weighted by Crippen LogP contribution is 2.26. The first-order valence-electron chi connectivity index (χ1n) is 6.68. The van der Waals surface area contributed by atoms with Crippen LogP contribution in [0.2, 0.25) is 0 Å². The van der Waals surface area contributed by atoms with Gasteiger partial charge >= 0.3 is 0 Å². The second kappa shape index (κ2) is 7.51. The first kappa shape index (κ1) is 13.5. The van der Waals surface area contributed by atoms with Crippen molar-refractivity contribution in [2.45, 2.75) is 37.0 Å². The molecule has 1 aromatic rings. The standard InChI is InChI=1S/C16H21NS/c1-18-16-11-9-15(10-12-16)17-13-5-8-14-6-3-2-4-7-14/h2-4,6-7,15-17H,9-13H2,1H3. The number of hydrogen-bond donors (Lipinski definition) is 1. The number of hydrogen-bond acceptors (Lipinski definition) is 2. The molecule has 1 aliphatic rings. The highest BCUT2D eigenvalue weighted by Gasteiger charge is 2.19. The molecule has 0 amide bonds. The summed E-state index contributed by atoms with van der Waals surface area (Å²) in [6, 6.07) is 10.9. The van der Waals surface area contributed by atoms with E-state index >= 15 is 0 Å². The molecule has 1 aliphatic carbocycles. The van der Waals surface area contributed by atoms with Gasteiger partial charge in [0.1, 0.15) is 0 Å². The molecule has 1 aromatic carbocycles. The first-order chi connectivity index (χ1) is 8.88. The summed E-state index contributed by atoms with van der Waals surface area (Å²) >= 11 is 2.02. The normalized spacial score (nSPS) is 23.2. The lowest BCUT2D eigenvalue weighted by molar-refractivity contribution is 0.393. The fraction of sp³-hybridized carbons (Fsp3) is 0.500. The average molecular weight is 259 g/mol. The highest BCUT2D eigenvalue weighted by atomic mass is 32.2. The van der Waals surface area contributed by atoms with Crippen molar-refractivity contribution in [1.82, 2.24) is 5.32 Å². The summed E-state index contributed by atoms with van der Waals surface area (Å²) in [5.41, 5.74) is 1.10. The van der Waals surface area contributed by atoms with E-state index in [2.05, 4.69) is 35.5 Å². The summed E-state index contributed by atoms with van der Waals surface area (Å²) in [4.78, 5) is 0. The summed E-state index contributed by atoms with van der Waals surface area (Å²) in [6.45, 7) is 0.809. The van der Waals surface area contributed by atoms with E-state index < -0.39 is 0 Å². The molecule has 1 fully saturated rings. The molecule has 0 radical (unpaired) electrons. The van der Waals surface area contributed by atoms with Crippen molar-refractivity contribution in [3.63, 3.8) is 0 Å². The van der Waals surface area contributed by atoms with Gasteiger partial charge in [0, 0.05) is 16.9 Å². The van der Waals surface area contributed by atoms with Crippen LogP contribution in [0.1, 0.15) is 31.2 Å². The predicted molar refractivity (Wildman–Crippen MR) is 80.9 cm³/mol. The van der Waals surface area contributed by atoms with Crippen molar-refractivity contribution < 1.29 is 0 Å². The Bertz CT molecular complexity index is 396. The van der Waals surface area contributed by atoms with Crippen molar-refractivity contribution >= 4 is 11.8 Å². The van der Waals surface area contributed by atoms with Gasteiger partial charge in [0.05, 0.1) is 6.54 Å². The molecule has 1 nitrogen and oxygen atoms in total. The maximum absolute atomic E-state index is 3.55. The van der Waals surface area contributed by atoms with E-state index in [0.717, 1.165) is 17.4 Å². The SMILES string of the molecule is CSC1CCC(NCC#Cc2ccccc2)CC1. The molecule has 18 heavy (non-hydrogen) atoms. The molecule has 0 unspecified atom stereocenters. The Morgan fingerprint density at radius 1 is 1.17 bits per heavy atom. The zero-order valence-corrected chi connectivity index (χ0v) is 11.8. The molecule has 2 rings (SSSR count). The number of benzene rings is 1. The molecule has 0 aliphatic heterocycles. The second-order valence-electron chi connectivity index (χ2n) is 4.76. The molecule has 1 saturated carbocycles. The van der Waals surface area contributed by atoms with Crippen LogP contribution in [0.4, 0.5) is 0 Å². The molecule has 0 spiro atoms. The summed E-state index contributed by atoms with van der Waals surface area (Å²) in [5.74, 6) is 6.40. The molecule has 0 bridgehead atoms. The molecule has 0 atom stereocenters. The Morgan fingerprint density at radius 3 is 2.56 bits per heavy atom. The fourth-order valence-electron chi connectivity index (χ4n) is 2.37. The van der Waals surface area contributed by atoms with Crippen LogP contribution in [0.3, 0.4) is 0 Å². The van der Waals surface area contributed by atoms with Gasteiger partial charge in [-0.25, -0.2) is 0 Å². The van der Waals surface area contributed by atoms with Gasteiger partial charge in [-0.1, -0.05) is 30.0 Å². The molecule has 96 valence electrons. The fourth-order valence-corrected chi connectivity index (χ4v) is 3.11. The average Bonchev–Trinajstić information content (AvgIpc) is 2.45. The second-order valence-corrected chi connectivity index (χ2v) is 5.90. The maximum atomic E-state index is 3.55. The summed E-state index contributed by atoms with van der Waals surface area (Å²) in [5, 5.41) is 4.44. The maximum Gasteiger partial charge on any atom is 0.0582 e. The van der Waals surface area contributed by atoms with Crippen molar-refractivity contribution in [3.8, 4) is 11.8 Å². The van der Waals surface area contributed by atoms with Crippen molar-refractivity contribution in [3.05, 3.63) is 35.9 Å². The largest absolute Gasteiger partial charge is 0.303 e. The molecule has 0 aromatic heterocycles. The van der Waals surface area contributed by atoms with E-state index in [1.165, 1.54) is 25.7 Å². The van der Waals surface area contributed by atoms with Crippen LogP contribution in [-0.2, 0) is 0 Å². The number of rotatable bonds is 3. The first-order valence-corrected chi connectivity index (χ1v) is 7.97. The van der Waals surface area contributed by atoms with Crippen molar-refractivity contribution in [2.75, 3.05) is 12.8 Å². The van der Waals surface area contributed by atoms with E-state index in [9.17, 15) is 0 Å². The summed E-state index contributed by atoms with van der Waals surface area (Å²) in [7, 11) is 0. The minimum absolute atomic E-state index is 0.679. The van der Waals surface area contributed by atoms with Crippen molar-refractivity contribution in [1.29, 1.82) is 0 Å². The molecular weight excluding hydrogens is 238 g/mol. The number of nitrogens with one attached hydrogen (secondary N) is 1. The monoisotopic (exact) mass is 259 g/mol. The molecule has 2 heteroatoms. The Balaban J connectivity index is 1.69. The Hall–Kier alpha value is -0.910. The minimum Gasteiger partial charge on any atom is -0.303 e. The summed E-state index contributed by atoms with van der Waals surface area (Å²) < 4.78 is 0. The third-order valence-electron chi connectivity index (χ3n) is 3.49. The Morgan fingerprint density at radius 2 is 1.89 bits per heavy atom. The lowest BCUT2D eigenvalue weighted by Crippen LogP contribution is -2.34. The van der Waals surface area contributed by atoms with E-state index in [1.807, 2.05) is 30.0 Å². The lowest BCUT2D eigenvalue weighted by atomic mass is 9.95. The predicted octanol–water partition coefficient (Wildman–Crippen LogP) is 3.30. The van der Waals surface area contributed by atoms with E-state index in [0.29, 0.717) is 6.04 Å². The van der Waals surface area contributed by atoms with Crippen LogP contribution < -0.4 is 5.32 Å². The van der Waals surface area contributed by atoms with Gasteiger partial charge in [0.2, 0.25) is 0 Å². The van der Waals surface area contributed by atoms with Gasteiger partial charge in [0.25, 0.3) is 0 Å². The van der Waals surface area contributed by atoms with Crippen LogP contribution >= 0.6 is 11.8 Å². The van der Waals surface area contributed by atoms with Crippen LogP contribution in [0.5, 0.6) is 0 Å². The smallest absolute Gasteiger partial charge is 0.0582 e. The molecular formula is C16H21NS. The lowest BCUT2D eigenvalue weighted by Gasteiger charge is -2.27. The van der Waals surface area contributed by atoms with Gasteiger partial charge in [-0.05, 0) is 44.1 Å². The van der Waals surface area contributed by atoms with E-state index in [1.54, 1.807) is 0 Å². The molecule has 1 N–H and O–H groups in total. The van der Waals surface area contributed by atoms with Gasteiger partial charge in [0.15, 0.2) is 0 Å². The van der Waals surface area contributed by atoms with Crippen molar-refractivity contribution in [2.24, 2.45) is 0 Å². The van der Waals surface area contributed by atoms with Crippen LogP contribution in [0, 0.1) is 11.8 Å². The Kier molecular flexibility index (Phi) is 5.64. The van der Waals surface area contributed by atoms with Gasteiger partial charge in [-0.3, -0.25) is 0 Å². The molecule has 0 heterocycles. The quantitative estimate of drug-likeness (QED) is 0.836. The van der Waals surface area contributed by atoms with Gasteiger partial charge in [-0.15, -0.1) is 0 Å².